The van der Waals surface area contributed by atoms with Crippen molar-refractivity contribution in [1.82, 2.24) is 15.5 Å². The Hall–Kier alpha value is -2.02. The van der Waals surface area contributed by atoms with Crippen LogP contribution in [0.1, 0.15) is 24.3 Å². The second-order valence-electron chi connectivity index (χ2n) is 4.75. The average Bonchev–Trinajstić information content (AvgIpc) is 3.14. The van der Waals surface area contributed by atoms with E-state index in [2.05, 4.69) is 20.8 Å². The smallest absolute Gasteiger partial charge is 0.315 e. The molecule has 1 aliphatic carbocycles. The average molecular weight is 280 g/mol. The SMILES string of the molecule is Fc1ccc(CNc2nnc(CNC3CC3)o2)c(F)c1. The van der Waals surface area contributed by atoms with Gasteiger partial charge in [0.25, 0.3) is 0 Å². The Bertz CT molecular complexity index is 598. The van der Waals surface area contributed by atoms with E-state index in [0.29, 0.717) is 24.0 Å². The van der Waals surface area contributed by atoms with E-state index < -0.39 is 11.6 Å². The molecule has 7 heteroatoms. The summed E-state index contributed by atoms with van der Waals surface area (Å²) in [5.41, 5.74) is 0.335. The fraction of sp³-hybridized carbons (Fsp3) is 0.385. The van der Waals surface area contributed by atoms with Gasteiger partial charge in [0.15, 0.2) is 0 Å². The minimum Gasteiger partial charge on any atom is -0.407 e. The molecule has 1 aromatic heterocycles. The number of rotatable bonds is 6. The fourth-order valence-electron chi connectivity index (χ4n) is 1.75. The van der Waals surface area contributed by atoms with Crippen LogP contribution in [-0.4, -0.2) is 16.2 Å². The zero-order valence-corrected chi connectivity index (χ0v) is 10.7. The molecule has 2 aromatic rings. The second kappa shape index (κ2) is 5.54. The zero-order valence-electron chi connectivity index (χ0n) is 10.7. The van der Waals surface area contributed by atoms with Crippen LogP contribution in [0.2, 0.25) is 0 Å². The molecule has 0 aliphatic heterocycles. The summed E-state index contributed by atoms with van der Waals surface area (Å²) in [6, 6.07) is 4.21. The number of hydrogen-bond donors (Lipinski definition) is 2. The summed E-state index contributed by atoms with van der Waals surface area (Å²) < 4.78 is 31.5. The van der Waals surface area contributed by atoms with Crippen molar-refractivity contribution in [3.63, 3.8) is 0 Å². The molecule has 106 valence electrons. The number of nitrogens with zero attached hydrogens (tertiary/aromatic N) is 2. The van der Waals surface area contributed by atoms with Crippen molar-refractivity contribution in [2.45, 2.75) is 32.0 Å². The molecule has 0 saturated heterocycles. The molecular weight excluding hydrogens is 266 g/mol. The molecule has 1 heterocycles. The first-order valence-corrected chi connectivity index (χ1v) is 6.44. The Morgan fingerprint density at radius 1 is 1.20 bits per heavy atom. The molecule has 0 radical (unpaired) electrons. The van der Waals surface area contributed by atoms with Crippen molar-refractivity contribution in [3.8, 4) is 0 Å². The van der Waals surface area contributed by atoms with Crippen LogP contribution in [0.3, 0.4) is 0 Å². The van der Waals surface area contributed by atoms with Crippen LogP contribution < -0.4 is 10.6 Å². The third-order valence-corrected chi connectivity index (χ3v) is 3.03. The van der Waals surface area contributed by atoms with Crippen LogP contribution in [-0.2, 0) is 13.1 Å². The van der Waals surface area contributed by atoms with Gasteiger partial charge in [0, 0.05) is 24.2 Å². The monoisotopic (exact) mass is 280 g/mol. The maximum absolute atomic E-state index is 13.4. The van der Waals surface area contributed by atoms with Gasteiger partial charge >= 0.3 is 6.01 Å². The van der Waals surface area contributed by atoms with Gasteiger partial charge in [0.05, 0.1) is 6.54 Å². The molecule has 1 aromatic carbocycles. The maximum atomic E-state index is 13.4. The lowest BCUT2D eigenvalue weighted by Gasteiger charge is -2.03. The van der Waals surface area contributed by atoms with Crippen molar-refractivity contribution in [2.24, 2.45) is 0 Å². The first kappa shape index (κ1) is 13.0. The minimum absolute atomic E-state index is 0.157. The second-order valence-corrected chi connectivity index (χ2v) is 4.75. The van der Waals surface area contributed by atoms with E-state index in [1.165, 1.54) is 25.0 Å². The molecule has 5 nitrogen and oxygen atoms in total. The first-order valence-electron chi connectivity index (χ1n) is 6.44. The standard InChI is InChI=1S/C13H14F2N4O/c14-9-2-1-8(11(15)5-9)6-17-13-19-18-12(20-13)7-16-10-3-4-10/h1-2,5,10,16H,3-4,6-7H2,(H,17,19). The lowest BCUT2D eigenvalue weighted by atomic mass is 10.2. The van der Waals surface area contributed by atoms with E-state index in [1.807, 2.05) is 0 Å². The molecule has 1 saturated carbocycles. The summed E-state index contributed by atoms with van der Waals surface area (Å²) in [5.74, 6) is -0.718. The van der Waals surface area contributed by atoms with Crippen LogP contribution in [0.5, 0.6) is 0 Å². The third-order valence-electron chi connectivity index (χ3n) is 3.03. The number of halogens is 2. The summed E-state index contributed by atoms with van der Waals surface area (Å²) in [6.45, 7) is 0.689. The summed E-state index contributed by atoms with van der Waals surface area (Å²) in [4.78, 5) is 0. The number of aromatic nitrogens is 2. The van der Waals surface area contributed by atoms with Gasteiger partial charge in [0.2, 0.25) is 5.89 Å². The summed E-state index contributed by atoms with van der Waals surface area (Å²) in [6.07, 6.45) is 2.37. The van der Waals surface area contributed by atoms with Crippen LogP contribution >= 0.6 is 0 Å². The maximum Gasteiger partial charge on any atom is 0.315 e. The van der Waals surface area contributed by atoms with E-state index in [9.17, 15) is 8.78 Å². The Balaban J connectivity index is 1.54. The van der Waals surface area contributed by atoms with Gasteiger partial charge in [-0.1, -0.05) is 11.2 Å². The van der Waals surface area contributed by atoms with Crippen molar-refractivity contribution in [3.05, 3.63) is 41.3 Å². The van der Waals surface area contributed by atoms with Crippen LogP contribution in [0, 0.1) is 11.6 Å². The van der Waals surface area contributed by atoms with Crippen LogP contribution in [0.4, 0.5) is 14.8 Å². The lowest BCUT2D eigenvalue weighted by Crippen LogP contribution is -2.15. The Morgan fingerprint density at radius 3 is 2.80 bits per heavy atom. The van der Waals surface area contributed by atoms with E-state index in [0.717, 1.165) is 6.07 Å². The van der Waals surface area contributed by atoms with Gasteiger partial charge in [-0.3, -0.25) is 0 Å². The number of hydrogen-bond acceptors (Lipinski definition) is 5. The van der Waals surface area contributed by atoms with Crippen molar-refractivity contribution in [1.29, 1.82) is 0 Å². The predicted octanol–water partition coefficient (Wildman–Crippen LogP) is 2.21. The Labute approximate surface area is 114 Å². The van der Waals surface area contributed by atoms with Gasteiger partial charge in [-0.25, -0.2) is 8.78 Å². The van der Waals surface area contributed by atoms with E-state index >= 15 is 0 Å². The van der Waals surface area contributed by atoms with Gasteiger partial charge < -0.3 is 15.1 Å². The number of benzene rings is 1. The highest BCUT2D eigenvalue weighted by molar-refractivity contribution is 5.25. The van der Waals surface area contributed by atoms with E-state index in [1.54, 1.807) is 0 Å². The Kier molecular flexibility index (Phi) is 3.60. The molecule has 2 N–H and O–H groups in total. The van der Waals surface area contributed by atoms with Gasteiger partial charge in [-0.05, 0) is 18.9 Å². The number of anilines is 1. The van der Waals surface area contributed by atoms with E-state index in [4.69, 9.17) is 4.42 Å². The van der Waals surface area contributed by atoms with Gasteiger partial charge in [-0.15, -0.1) is 5.10 Å². The van der Waals surface area contributed by atoms with Crippen molar-refractivity contribution >= 4 is 6.01 Å². The normalized spacial score (nSPS) is 14.5. The predicted molar refractivity (Wildman–Crippen MR) is 67.8 cm³/mol. The topological polar surface area (TPSA) is 63.0 Å². The molecule has 1 aliphatic rings. The zero-order chi connectivity index (χ0) is 13.9. The molecule has 0 amide bonds. The molecule has 20 heavy (non-hydrogen) atoms. The molecule has 1 fully saturated rings. The highest BCUT2D eigenvalue weighted by Gasteiger charge is 2.21. The minimum atomic E-state index is -0.604. The number of nitrogens with one attached hydrogen (secondary N) is 2. The first-order chi connectivity index (χ1) is 9.70. The highest BCUT2D eigenvalue weighted by atomic mass is 19.1. The van der Waals surface area contributed by atoms with E-state index in [-0.39, 0.29) is 12.6 Å². The lowest BCUT2D eigenvalue weighted by molar-refractivity contribution is 0.475. The summed E-state index contributed by atoms with van der Waals surface area (Å²) in [5, 5.41) is 13.7. The quantitative estimate of drug-likeness (QED) is 0.849. The van der Waals surface area contributed by atoms with Crippen LogP contribution in [0.25, 0.3) is 0 Å². The molecule has 0 bridgehead atoms. The fourth-order valence-corrected chi connectivity index (χ4v) is 1.75. The highest BCUT2D eigenvalue weighted by Crippen LogP contribution is 2.19. The molecule has 0 spiro atoms. The molecule has 3 rings (SSSR count). The molecule has 0 atom stereocenters. The third kappa shape index (κ3) is 3.30. The molecular formula is C13H14F2N4O. The van der Waals surface area contributed by atoms with Crippen molar-refractivity contribution < 1.29 is 13.2 Å². The van der Waals surface area contributed by atoms with Crippen molar-refractivity contribution in [2.75, 3.05) is 5.32 Å². The summed E-state index contributed by atoms with van der Waals surface area (Å²) in [7, 11) is 0. The Morgan fingerprint density at radius 2 is 2.05 bits per heavy atom. The largest absolute Gasteiger partial charge is 0.407 e. The summed E-state index contributed by atoms with van der Waals surface area (Å²) >= 11 is 0. The van der Waals surface area contributed by atoms with Gasteiger partial charge in [-0.2, -0.15) is 0 Å². The van der Waals surface area contributed by atoms with Gasteiger partial charge in [0.1, 0.15) is 11.6 Å². The van der Waals surface area contributed by atoms with Crippen LogP contribution in [0.15, 0.2) is 22.6 Å². The molecule has 0 unspecified atom stereocenters.